The number of nitrogens with zero attached hydrogens (tertiary/aromatic N) is 2. The van der Waals surface area contributed by atoms with Gasteiger partial charge in [-0.25, -0.2) is 9.37 Å². The molecule has 2 aromatic carbocycles. The van der Waals surface area contributed by atoms with Gasteiger partial charge < -0.3 is 20.1 Å². The van der Waals surface area contributed by atoms with E-state index in [0.717, 1.165) is 49.5 Å². The monoisotopic (exact) mass is 490 g/mol. The molecule has 3 N–H and O–H groups in total. The molecule has 1 saturated heterocycles. The quantitative estimate of drug-likeness (QED) is 0.316. The molecule has 1 aliphatic rings. The predicted molar refractivity (Wildman–Crippen MR) is 137 cm³/mol. The second-order valence-corrected chi connectivity index (χ2v) is 8.78. The van der Waals surface area contributed by atoms with Crippen LogP contribution < -0.4 is 10.9 Å². The highest BCUT2D eigenvalue weighted by atomic mass is 19.1. The second kappa shape index (κ2) is 13.0. The summed E-state index contributed by atoms with van der Waals surface area (Å²) in [6, 6.07) is 16.2. The van der Waals surface area contributed by atoms with Crippen molar-refractivity contribution in [3.63, 3.8) is 0 Å². The average molecular weight is 491 g/mol. The Morgan fingerprint density at radius 2 is 1.75 bits per heavy atom. The van der Waals surface area contributed by atoms with E-state index in [0.29, 0.717) is 18.7 Å². The SMILES string of the molecule is O=c1[nH]cnc(CC(CNCCF)c2ccc(C#Cc3ccc(CN4CCOCC4)cc3)cc2)c1O. The van der Waals surface area contributed by atoms with E-state index in [1.54, 1.807) is 0 Å². The number of ether oxygens (including phenoxy) is 1. The lowest BCUT2D eigenvalue weighted by molar-refractivity contribution is 0.0342. The molecule has 4 rings (SSSR count). The summed E-state index contributed by atoms with van der Waals surface area (Å²) in [6.45, 7) is 4.69. The highest BCUT2D eigenvalue weighted by Gasteiger charge is 2.17. The normalized spacial score (nSPS) is 14.7. The van der Waals surface area contributed by atoms with Crippen LogP contribution in [0.3, 0.4) is 0 Å². The van der Waals surface area contributed by atoms with E-state index in [4.69, 9.17) is 4.74 Å². The van der Waals surface area contributed by atoms with E-state index < -0.39 is 12.2 Å². The van der Waals surface area contributed by atoms with Crippen molar-refractivity contribution in [2.24, 2.45) is 0 Å². The van der Waals surface area contributed by atoms with Gasteiger partial charge in [-0.05, 0) is 35.4 Å². The Morgan fingerprint density at radius 3 is 2.42 bits per heavy atom. The molecule has 1 aromatic heterocycles. The summed E-state index contributed by atoms with van der Waals surface area (Å²) in [4.78, 5) is 20.6. The number of H-pyrrole nitrogens is 1. The number of rotatable bonds is 9. The van der Waals surface area contributed by atoms with E-state index >= 15 is 0 Å². The molecule has 0 aliphatic carbocycles. The van der Waals surface area contributed by atoms with Gasteiger partial charge in [-0.1, -0.05) is 36.1 Å². The van der Waals surface area contributed by atoms with Gasteiger partial charge in [0.25, 0.3) is 5.56 Å². The standard InChI is InChI=1S/C28H31FN4O3/c29-11-12-30-18-25(17-26-27(34)28(35)32-20-31-26)24-9-7-22(8-10-24)2-1-21-3-5-23(6-4-21)19-33-13-15-36-16-14-33/h3-10,20,25,30,34H,11-19H2,(H,31,32,35). The Balaban J connectivity index is 1.42. The van der Waals surface area contributed by atoms with Crippen LogP contribution in [0.25, 0.3) is 0 Å². The molecular formula is C28H31FN4O3. The minimum atomic E-state index is -0.574. The lowest BCUT2D eigenvalue weighted by atomic mass is 9.93. The number of aromatic hydroxyl groups is 1. The van der Waals surface area contributed by atoms with E-state index in [2.05, 4.69) is 44.2 Å². The van der Waals surface area contributed by atoms with Crippen molar-refractivity contribution in [1.29, 1.82) is 0 Å². The predicted octanol–water partition coefficient (Wildman–Crippen LogP) is 2.59. The van der Waals surface area contributed by atoms with Crippen LogP contribution in [0, 0.1) is 11.8 Å². The number of aromatic nitrogens is 2. The smallest absolute Gasteiger partial charge is 0.293 e. The van der Waals surface area contributed by atoms with Crippen LogP contribution in [-0.4, -0.2) is 66.0 Å². The highest BCUT2D eigenvalue weighted by molar-refractivity contribution is 5.44. The van der Waals surface area contributed by atoms with Crippen LogP contribution in [0.4, 0.5) is 4.39 Å². The summed E-state index contributed by atoms with van der Waals surface area (Å²) in [7, 11) is 0. The third kappa shape index (κ3) is 7.25. The molecule has 0 spiro atoms. The molecular weight excluding hydrogens is 459 g/mol. The first-order valence-electron chi connectivity index (χ1n) is 12.2. The fourth-order valence-electron chi connectivity index (χ4n) is 4.16. The summed E-state index contributed by atoms with van der Waals surface area (Å²) in [6.07, 6.45) is 1.62. The van der Waals surface area contributed by atoms with Crippen molar-refractivity contribution < 1.29 is 14.2 Å². The van der Waals surface area contributed by atoms with E-state index in [1.165, 1.54) is 11.9 Å². The number of hydrogen-bond acceptors (Lipinski definition) is 6. The number of aromatic amines is 1. The zero-order valence-electron chi connectivity index (χ0n) is 20.2. The molecule has 36 heavy (non-hydrogen) atoms. The summed E-state index contributed by atoms with van der Waals surface area (Å²) < 4.78 is 18.0. The van der Waals surface area contributed by atoms with Crippen molar-refractivity contribution in [3.05, 3.63) is 93.2 Å². The van der Waals surface area contributed by atoms with Crippen LogP contribution in [0.5, 0.6) is 5.75 Å². The molecule has 1 atom stereocenters. The Morgan fingerprint density at radius 1 is 1.08 bits per heavy atom. The number of halogens is 1. The highest BCUT2D eigenvalue weighted by Crippen LogP contribution is 2.23. The molecule has 7 nitrogen and oxygen atoms in total. The second-order valence-electron chi connectivity index (χ2n) is 8.78. The Hall–Kier alpha value is -3.51. The third-order valence-electron chi connectivity index (χ3n) is 6.20. The van der Waals surface area contributed by atoms with Crippen LogP contribution in [0.2, 0.25) is 0 Å². The molecule has 0 radical (unpaired) electrons. The minimum absolute atomic E-state index is 0.0993. The lowest BCUT2D eigenvalue weighted by Crippen LogP contribution is -2.35. The molecule has 3 aromatic rings. The fourth-order valence-corrected chi connectivity index (χ4v) is 4.16. The Kier molecular flexibility index (Phi) is 9.22. The van der Waals surface area contributed by atoms with Gasteiger partial charge in [0, 0.05) is 56.2 Å². The maximum atomic E-state index is 12.6. The Bertz CT molecular complexity index is 1230. The van der Waals surface area contributed by atoms with E-state index in [9.17, 15) is 14.3 Å². The van der Waals surface area contributed by atoms with E-state index in [1.807, 2.05) is 36.4 Å². The number of benzene rings is 2. The maximum Gasteiger partial charge on any atom is 0.293 e. The minimum Gasteiger partial charge on any atom is -0.502 e. The topological polar surface area (TPSA) is 90.5 Å². The van der Waals surface area contributed by atoms with Crippen LogP contribution in [-0.2, 0) is 17.7 Å². The van der Waals surface area contributed by atoms with Crippen LogP contribution in [0.1, 0.15) is 33.9 Å². The number of alkyl halides is 1. The van der Waals surface area contributed by atoms with Gasteiger partial charge in [0.05, 0.1) is 25.2 Å². The molecule has 1 unspecified atom stereocenters. The van der Waals surface area contributed by atoms with Gasteiger partial charge in [-0.3, -0.25) is 9.69 Å². The van der Waals surface area contributed by atoms with Gasteiger partial charge in [0.1, 0.15) is 6.67 Å². The van der Waals surface area contributed by atoms with Crippen molar-refractivity contribution in [2.45, 2.75) is 18.9 Å². The molecule has 0 saturated carbocycles. The third-order valence-corrected chi connectivity index (χ3v) is 6.20. The lowest BCUT2D eigenvalue weighted by Gasteiger charge is -2.26. The molecule has 8 heteroatoms. The largest absolute Gasteiger partial charge is 0.502 e. The summed E-state index contributed by atoms with van der Waals surface area (Å²) in [5, 5.41) is 13.1. The van der Waals surface area contributed by atoms with Gasteiger partial charge in [0.2, 0.25) is 5.75 Å². The van der Waals surface area contributed by atoms with Crippen LogP contribution >= 0.6 is 0 Å². The summed E-state index contributed by atoms with van der Waals surface area (Å²) >= 11 is 0. The van der Waals surface area contributed by atoms with Crippen molar-refractivity contribution in [3.8, 4) is 17.6 Å². The first-order valence-corrected chi connectivity index (χ1v) is 12.2. The van der Waals surface area contributed by atoms with Gasteiger partial charge in [0.15, 0.2) is 0 Å². The number of morpholine rings is 1. The first kappa shape index (κ1) is 25.6. The van der Waals surface area contributed by atoms with Gasteiger partial charge >= 0.3 is 0 Å². The summed E-state index contributed by atoms with van der Waals surface area (Å²) in [5.41, 5.74) is 3.82. The molecule has 2 heterocycles. The van der Waals surface area contributed by atoms with Crippen molar-refractivity contribution in [1.82, 2.24) is 20.2 Å². The maximum absolute atomic E-state index is 12.6. The molecule has 1 fully saturated rings. The molecule has 0 bridgehead atoms. The fraction of sp³-hybridized carbons (Fsp3) is 0.357. The average Bonchev–Trinajstić information content (AvgIpc) is 2.91. The number of hydrogen-bond donors (Lipinski definition) is 3. The summed E-state index contributed by atoms with van der Waals surface area (Å²) in [5.74, 6) is 5.94. The van der Waals surface area contributed by atoms with E-state index in [-0.39, 0.29) is 18.2 Å². The zero-order valence-corrected chi connectivity index (χ0v) is 20.2. The molecule has 188 valence electrons. The van der Waals surface area contributed by atoms with Crippen molar-refractivity contribution >= 4 is 0 Å². The van der Waals surface area contributed by atoms with Gasteiger partial charge in [-0.2, -0.15) is 0 Å². The molecule has 1 aliphatic heterocycles. The van der Waals surface area contributed by atoms with Crippen molar-refractivity contribution in [2.75, 3.05) is 46.1 Å². The van der Waals surface area contributed by atoms with Crippen LogP contribution in [0.15, 0.2) is 59.7 Å². The zero-order chi connectivity index (χ0) is 25.2. The number of nitrogens with one attached hydrogen (secondary N) is 2. The molecule has 0 amide bonds. The van der Waals surface area contributed by atoms with Gasteiger partial charge in [-0.15, -0.1) is 0 Å². The first-order chi connectivity index (χ1) is 17.6. The Labute approximate surface area is 210 Å².